The molecule has 7 nitrogen and oxygen atoms in total. The van der Waals surface area contributed by atoms with Gasteiger partial charge in [-0.3, -0.25) is 14.5 Å². The Kier molecular flexibility index (Phi) is 6.29. The van der Waals surface area contributed by atoms with Crippen molar-refractivity contribution in [2.24, 2.45) is 0 Å². The second-order valence-corrected chi connectivity index (χ2v) is 8.57. The van der Waals surface area contributed by atoms with Gasteiger partial charge in [-0.1, -0.05) is 0 Å². The highest BCUT2D eigenvalue weighted by Gasteiger charge is 2.35. The van der Waals surface area contributed by atoms with Crippen molar-refractivity contribution in [2.45, 2.75) is 12.2 Å². The number of hydrogen-bond donors (Lipinski definition) is 0. The lowest BCUT2D eigenvalue weighted by Gasteiger charge is -2.22. The first-order valence-electron chi connectivity index (χ1n) is 6.86. The molecule has 0 aromatic heterocycles. The number of Topliss-reactive ketones (excluding diaryl/α,β-unsaturated/α-hetero) is 2. The fourth-order valence-electron chi connectivity index (χ4n) is 2.14. The minimum absolute atomic E-state index is 0.0649. The van der Waals surface area contributed by atoms with Crippen molar-refractivity contribution in [3.05, 3.63) is 28.2 Å². The summed E-state index contributed by atoms with van der Waals surface area (Å²) >= 11 is 3.21. The smallest absolute Gasteiger partial charge is 0.323 e. The van der Waals surface area contributed by atoms with Crippen LogP contribution >= 0.6 is 15.9 Å². The molecule has 0 spiro atoms. The number of carbonyl (C=O) groups excluding carboxylic acids is 3. The van der Waals surface area contributed by atoms with Gasteiger partial charge < -0.3 is 4.90 Å². The topological polar surface area (TPSA) is 91.8 Å². The Morgan fingerprint density at radius 2 is 1.67 bits per heavy atom. The third-order valence-electron chi connectivity index (χ3n) is 3.31. The molecule has 132 valence electrons. The summed E-state index contributed by atoms with van der Waals surface area (Å²) in [6.07, 6.45) is 0.850. The minimum Gasteiger partial charge on any atom is -0.330 e. The van der Waals surface area contributed by atoms with Gasteiger partial charge in [0.05, 0.1) is 0 Å². The molecule has 0 N–H and O–H groups in total. The first-order valence-corrected chi connectivity index (χ1v) is 9.60. The van der Waals surface area contributed by atoms with Gasteiger partial charge in [-0.25, -0.2) is 13.2 Å². The van der Waals surface area contributed by atoms with E-state index in [1.165, 1.54) is 28.0 Å². The van der Waals surface area contributed by atoms with Crippen LogP contribution in [0, 0.1) is 0 Å². The van der Waals surface area contributed by atoms with E-state index >= 15 is 0 Å². The van der Waals surface area contributed by atoms with Gasteiger partial charge in [0, 0.05) is 43.1 Å². The number of hydrogen-bond acceptors (Lipinski definition) is 5. The van der Waals surface area contributed by atoms with Crippen molar-refractivity contribution < 1.29 is 22.8 Å². The third-order valence-corrected chi connectivity index (χ3v) is 5.37. The predicted octanol–water partition coefficient (Wildman–Crippen LogP) is 1.75. The van der Waals surface area contributed by atoms with Crippen molar-refractivity contribution in [2.75, 3.05) is 32.3 Å². The Hall–Kier alpha value is -1.74. The lowest BCUT2D eigenvalue weighted by Crippen LogP contribution is -2.37. The number of sulfone groups is 1. The van der Waals surface area contributed by atoms with Gasteiger partial charge in [0.1, 0.15) is 0 Å². The lowest BCUT2D eigenvalue weighted by molar-refractivity contribution is -0.115. The summed E-state index contributed by atoms with van der Waals surface area (Å²) in [5.41, 5.74) is 0.575. The predicted molar refractivity (Wildman–Crippen MR) is 95.3 cm³/mol. The van der Waals surface area contributed by atoms with E-state index in [1.54, 1.807) is 21.1 Å². The summed E-state index contributed by atoms with van der Waals surface area (Å²) in [7, 11) is 0.912. The van der Waals surface area contributed by atoms with Crippen molar-refractivity contribution in [1.82, 2.24) is 4.90 Å². The van der Waals surface area contributed by atoms with E-state index in [0.717, 1.165) is 13.2 Å². The first kappa shape index (κ1) is 20.3. The van der Waals surface area contributed by atoms with E-state index in [1.807, 2.05) is 0 Å². The van der Waals surface area contributed by atoms with Crippen LogP contribution in [0.2, 0.25) is 0 Å². The quantitative estimate of drug-likeness (QED) is 0.536. The molecule has 1 aromatic carbocycles. The molecule has 9 heteroatoms. The fraction of sp³-hybridized carbons (Fsp3) is 0.400. The van der Waals surface area contributed by atoms with Crippen LogP contribution in [0.25, 0.3) is 0 Å². The largest absolute Gasteiger partial charge is 0.330 e. The standard InChI is InChI=1S/C15H19BrN2O5S/c1-9(19)14(24(5,22)23)13(20)11-7-6-10(8-12(11)16)18(4)15(21)17(2)3/h6-8,14H,1-5H3. The van der Waals surface area contributed by atoms with Crippen molar-refractivity contribution >= 4 is 49.1 Å². The molecule has 0 bridgehead atoms. The Balaban J connectivity index is 3.27. The van der Waals surface area contributed by atoms with Crippen molar-refractivity contribution in [3.63, 3.8) is 0 Å². The molecule has 1 atom stereocenters. The number of benzene rings is 1. The number of anilines is 1. The van der Waals surface area contributed by atoms with Crippen molar-refractivity contribution in [1.29, 1.82) is 0 Å². The molecule has 0 heterocycles. The van der Waals surface area contributed by atoms with Gasteiger partial charge in [-0.15, -0.1) is 0 Å². The zero-order chi connectivity index (χ0) is 18.8. The summed E-state index contributed by atoms with van der Waals surface area (Å²) in [6.45, 7) is 1.06. The van der Waals surface area contributed by atoms with Crippen LogP contribution in [0.1, 0.15) is 17.3 Å². The molecule has 0 fully saturated rings. The van der Waals surface area contributed by atoms with Crippen LogP contribution in [-0.2, 0) is 14.6 Å². The lowest BCUT2D eigenvalue weighted by atomic mass is 10.1. The number of rotatable bonds is 5. The Morgan fingerprint density at radius 1 is 1.12 bits per heavy atom. The molecule has 0 saturated heterocycles. The maximum absolute atomic E-state index is 12.5. The van der Waals surface area contributed by atoms with E-state index in [9.17, 15) is 22.8 Å². The summed E-state index contributed by atoms with van der Waals surface area (Å²) in [5.74, 6) is -1.54. The highest BCUT2D eigenvalue weighted by Crippen LogP contribution is 2.26. The number of ketones is 2. The Morgan fingerprint density at radius 3 is 2.04 bits per heavy atom. The summed E-state index contributed by atoms with van der Waals surface area (Å²) in [4.78, 5) is 38.8. The molecule has 1 aromatic rings. The van der Waals surface area contributed by atoms with Gasteiger partial charge in [0.2, 0.25) is 0 Å². The maximum atomic E-state index is 12.5. The van der Waals surface area contributed by atoms with Crippen LogP contribution in [-0.4, -0.2) is 63.6 Å². The average Bonchev–Trinajstić information content (AvgIpc) is 2.43. The molecule has 0 radical (unpaired) electrons. The van der Waals surface area contributed by atoms with Gasteiger partial charge in [0.15, 0.2) is 26.7 Å². The maximum Gasteiger partial charge on any atom is 0.323 e. The molecular weight excluding hydrogens is 400 g/mol. The van der Waals surface area contributed by atoms with E-state index < -0.39 is 26.7 Å². The highest BCUT2D eigenvalue weighted by atomic mass is 79.9. The molecule has 1 rings (SSSR count). The zero-order valence-corrected chi connectivity index (χ0v) is 16.4. The van der Waals surface area contributed by atoms with Gasteiger partial charge in [0.25, 0.3) is 0 Å². The number of halogens is 1. The van der Waals surface area contributed by atoms with Crippen LogP contribution in [0.5, 0.6) is 0 Å². The van der Waals surface area contributed by atoms with Gasteiger partial charge >= 0.3 is 6.03 Å². The fourth-order valence-corrected chi connectivity index (χ4v) is 3.83. The SMILES string of the molecule is CC(=O)C(C(=O)c1ccc(N(C)C(=O)N(C)C)cc1Br)S(C)(=O)=O. The third kappa shape index (κ3) is 4.41. The van der Waals surface area contributed by atoms with E-state index in [2.05, 4.69) is 15.9 Å². The summed E-state index contributed by atoms with van der Waals surface area (Å²) in [6, 6.07) is 4.16. The van der Waals surface area contributed by atoms with Crippen molar-refractivity contribution in [3.8, 4) is 0 Å². The zero-order valence-electron chi connectivity index (χ0n) is 14.0. The average molecular weight is 419 g/mol. The van der Waals surface area contributed by atoms with Crippen LogP contribution < -0.4 is 4.90 Å². The Labute approximate surface area is 149 Å². The number of amides is 2. The number of nitrogens with zero attached hydrogens (tertiary/aromatic N) is 2. The highest BCUT2D eigenvalue weighted by molar-refractivity contribution is 9.10. The minimum atomic E-state index is -3.87. The molecular formula is C15H19BrN2O5S. The number of urea groups is 1. The first-order chi connectivity index (χ1) is 10.9. The monoisotopic (exact) mass is 418 g/mol. The second-order valence-electron chi connectivity index (χ2n) is 5.58. The Bertz CT molecular complexity index is 789. The number of carbonyl (C=O) groups is 3. The van der Waals surface area contributed by atoms with Crippen LogP contribution in [0.3, 0.4) is 0 Å². The summed E-state index contributed by atoms with van der Waals surface area (Å²) in [5, 5.41) is -1.74. The normalized spacial score (nSPS) is 12.4. The molecule has 24 heavy (non-hydrogen) atoms. The molecule has 0 saturated carbocycles. The van der Waals surface area contributed by atoms with E-state index in [-0.39, 0.29) is 11.6 Å². The summed E-state index contributed by atoms with van der Waals surface area (Å²) < 4.78 is 23.8. The second kappa shape index (κ2) is 7.43. The molecule has 1 unspecified atom stereocenters. The molecule has 0 aliphatic rings. The van der Waals surface area contributed by atoms with Gasteiger partial charge in [-0.2, -0.15) is 0 Å². The van der Waals surface area contributed by atoms with Crippen LogP contribution in [0.15, 0.2) is 22.7 Å². The molecule has 0 aliphatic carbocycles. The van der Waals surface area contributed by atoms with E-state index in [4.69, 9.17) is 0 Å². The molecule has 0 aliphatic heterocycles. The van der Waals surface area contributed by atoms with E-state index in [0.29, 0.717) is 10.2 Å². The molecule has 2 amide bonds. The van der Waals surface area contributed by atoms with Crippen LogP contribution in [0.4, 0.5) is 10.5 Å². The van der Waals surface area contributed by atoms with Gasteiger partial charge in [-0.05, 0) is 41.1 Å².